The minimum atomic E-state index is 0.0118. The van der Waals surface area contributed by atoms with Crippen LogP contribution in [0.25, 0.3) is 0 Å². The summed E-state index contributed by atoms with van der Waals surface area (Å²) in [6.45, 7) is 6.40. The Balaban J connectivity index is 2.10. The minimum Gasteiger partial charge on any atom is -0.496 e. The molecular formula is C21H27NO2. The second-order valence-electron chi connectivity index (χ2n) is 6.37. The molecule has 24 heavy (non-hydrogen) atoms. The Morgan fingerprint density at radius 3 is 2.33 bits per heavy atom. The SMILES string of the molecule is CCc1ccc(C(NC(=O)Cc2ccccc2OC)C(C)C)cc1. The van der Waals surface area contributed by atoms with Gasteiger partial charge in [-0.2, -0.15) is 0 Å². The molecule has 128 valence electrons. The zero-order valence-electron chi connectivity index (χ0n) is 15.0. The summed E-state index contributed by atoms with van der Waals surface area (Å²) >= 11 is 0. The molecule has 1 unspecified atom stereocenters. The Hall–Kier alpha value is -2.29. The number of ether oxygens (including phenoxy) is 1. The molecule has 0 aliphatic rings. The van der Waals surface area contributed by atoms with Gasteiger partial charge in [-0.15, -0.1) is 0 Å². The first-order valence-electron chi connectivity index (χ1n) is 8.55. The fourth-order valence-electron chi connectivity index (χ4n) is 2.84. The van der Waals surface area contributed by atoms with Crippen molar-refractivity contribution in [1.82, 2.24) is 5.32 Å². The van der Waals surface area contributed by atoms with Crippen LogP contribution in [0.2, 0.25) is 0 Å². The lowest BCUT2D eigenvalue weighted by atomic mass is 9.94. The Kier molecular flexibility index (Phi) is 6.42. The summed E-state index contributed by atoms with van der Waals surface area (Å²) < 4.78 is 5.33. The Bertz CT molecular complexity index is 662. The van der Waals surface area contributed by atoms with E-state index in [1.165, 1.54) is 5.56 Å². The van der Waals surface area contributed by atoms with E-state index in [0.717, 1.165) is 23.3 Å². The van der Waals surface area contributed by atoms with Crippen LogP contribution in [-0.2, 0) is 17.6 Å². The zero-order chi connectivity index (χ0) is 17.5. The van der Waals surface area contributed by atoms with E-state index < -0.39 is 0 Å². The summed E-state index contributed by atoms with van der Waals surface area (Å²) in [6, 6.07) is 16.2. The first kappa shape index (κ1) is 18.1. The molecule has 0 bridgehead atoms. The van der Waals surface area contributed by atoms with Crippen molar-refractivity contribution in [2.24, 2.45) is 5.92 Å². The molecule has 0 aliphatic carbocycles. The van der Waals surface area contributed by atoms with Crippen LogP contribution in [0.3, 0.4) is 0 Å². The van der Waals surface area contributed by atoms with Crippen LogP contribution in [0.1, 0.15) is 43.5 Å². The maximum Gasteiger partial charge on any atom is 0.225 e. The molecule has 3 nitrogen and oxygen atoms in total. The lowest BCUT2D eigenvalue weighted by Crippen LogP contribution is -2.32. The highest BCUT2D eigenvalue weighted by molar-refractivity contribution is 5.79. The van der Waals surface area contributed by atoms with E-state index in [9.17, 15) is 4.79 Å². The number of para-hydroxylation sites is 1. The summed E-state index contributed by atoms with van der Waals surface area (Å²) in [5.41, 5.74) is 3.36. The molecule has 2 aromatic rings. The van der Waals surface area contributed by atoms with Gasteiger partial charge in [0.25, 0.3) is 0 Å². The molecule has 3 heteroatoms. The van der Waals surface area contributed by atoms with Gasteiger partial charge in [0.1, 0.15) is 5.75 Å². The maximum atomic E-state index is 12.5. The number of hydrogen-bond acceptors (Lipinski definition) is 2. The van der Waals surface area contributed by atoms with Gasteiger partial charge in [0.2, 0.25) is 5.91 Å². The van der Waals surface area contributed by atoms with E-state index in [4.69, 9.17) is 4.74 Å². The lowest BCUT2D eigenvalue weighted by Gasteiger charge is -2.23. The Morgan fingerprint density at radius 1 is 1.08 bits per heavy atom. The quantitative estimate of drug-likeness (QED) is 0.823. The monoisotopic (exact) mass is 325 g/mol. The van der Waals surface area contributed by atoms with E-state index in [-0.39, 0.29) is 11.9 Å². The summed E-state index contributed by atoms with van der Waals surface area (Å²) in [5, 5.41) is 3.18. The first-order valence-corrected chi connectivity index (χ1v) is 8.55. The normalized spacial score (nSPS) is 12.0. The molecule has 0 saturated heterocycles. The van der Waals surface area contributed by atoms with Gasteiger partial charge in [0.15, 0.2) is 0 Å². The highest BCUT2D eigenvalue weighted by Gasteiger charge is 2.19. The summed E-state index contributed by atoms with van der Waals surface area (Å²) in [7, 11) is 1.63. The molecule has 0 heterocycles. The zero-order valence-corrected chi connectivity index (χ0v) is 15.0. The van der Waals surface area contributed by atoms with Gasteiger partial charge in [-0.3, -0.25) is 4.79 Å². The molecule has 0 radical (unpaired) electrons. The van der Waals surface area contributed by atoms with Crippen LogP contribution in [0.5, 0.6) is 5.75 Å². The molecule has 0 fully saturated rings. The maximum absolute atomic E-state index is 12.5. The van der Waals surface area contributed by atoms with Crippen molar-refractivity contribution in [3.63, 3.8) is 0 Å². The molecule has 0 aliphatic heterocycles. The highest BCUT2D eigenvalue weighted by atomic mass is 16.5. The van der Waals surface area contributed by atoms with E-state index in [1.54, 1.807) is 7.11 Å². The summed E-state index contributed by atoms with van der Waals surface area (Å²) in [5.74, 6) is 1.08. The van der Waals surface area contributed by atoms with Crippen molar-refractivity contribution < 1.29 is 9.53 Å². The van der Waals surface area contributed by atoms with Crippen molar-refractivity contribution in [2.45, 2.75) is 39.7 Å². The largest absolute Gasteiger partial charge is 0.496 e. The van der Waals surface area contributed by atoms with Gasteiger partial charge >= 0.3 is 0 Å². The van der Waals surface area contributed by atoms with Gasteiger partial charge in [0.05, 0.1) is 19.6 Å². The minimum absolute atomic E-state index is 0.0118. The highest BCUT2D eigenvalue weighted by Crippen LogP contribution is 2.23. The van der Waals surface area contributed by atoms with Crippen LogP contribution in [-0.4, -0.2) is 13.0 Å². The van der Waals surface area contributed by atoms with Crippen LogP contribution in [0.15, 0.2) is 48.5 Å². The first-order chi connectivity index (χ1) is 11.5. The van der Waals surface area contributed by atoms with E-state index in [1.807, 2.05) is 24.3 Å². The fraction of sp³-hybridized carbons (Fsp3) is 0.381. The van der Waals surface area contributed by atoms with Crippen molar-refractivity contribution in [3.8, 4) is 5.75 Å². The van der Waals surface area contributed by atoms with E-state index in [0.29, 0.717) is 12.3 Å². The van der Waals surface area contributed by atoms with Crippen molar-refractivity contribution in [1.29, 1.82) is 0 Å². The third-order valence-electron chi connectivity index (χ3n) is 4.27. The molecule has 0 aromatic heterocycles. The van der Waals surface area contributed by atoms with Gasteiger partial charge in [-0.05, 0) is 29.5 Å². The second kappa shape index (κ2) is 8.53. The second-order valence-corrected chi connectivity index (χ2v) is 6.37. The number of rotatable bonds is 7. The molecule has 0 saturated carbocycles. The number of amides is 1. The third-order valence-corrected chi connectivity index (χ3v) is 4.27. The van der Waals surface area contributed by atoms with Crippen molar-refractivity contribution >= 4 is 5.91 Å². The average Bonchev–Trinajstić information content (AvgIpc) is 2.60. The smallest absolute Gasteiger partial charge is 0.225 e. The third kappa shape index (κ3) is 4.60. The number of methoxy groups -OCH3 is 1. The van der Waals surface area contributed by atoms with Crippen LogP contribution in [0.4, 0.5) is 0 Å². The molecule has 1 amide bonds. The topological polar surface area (TPSA) is 38.3 Å². The predicted octanol–water partition coefficient (Wildman–Crippen LogP) is 4.31. The van der Waals surface area contributed by atoms with Crippen molar-refractivity contribution in [2.75, 3.05) is 7.11 Å². The molecule has 1 atom stereocenters. The van der Waals surface area contributed by atoms with E-state index in [2.05, 4.69) is 50.4 Å². The lowest BCUT2D eigenvalue weighted by molar-refractivity contribution is -0.121. The average molecular weight is 325 g/mol. The number of aryl methyl sites for hydroxylation is 1. The number of hydrogen-bond donors (Lipinski definition) is 1. The number of benzene rings is 2. The van der Waals surface area contributed by atoms with Gasteiger partial charge < -0.3 is 10.1 Å². The van der Waals surface area contributed by atoms with Crippen molar-refractivity contribution in [3.05, 3.63) is 65.2 Å². The standard InChI is InChI=1S/C21H27NO2/c1-5-16-10-12-17(13-11-16)21(15(2)3)22-20(23)14-18-8-6-7-9-19(18)24-4/h6-13,15,21H,5,14H2,1-4H3,(H,22,23). The Morgan fingerprint density at radius 2 is 1.75 bits per heavy atom. The number of carbonyl (C=O) groups excluding carboxylic acids is 1. The number of carbonyl (C=O) groups is 1. The molecule has 2 aromatic carbocycles. The van der Waals surface area contributed by atoms with E-state index >= 15 is 0 Å². The Labute approximate surface area is 145 Å². The van der Waals surface area contributed by atoms with Gasteiger partial charge in [0, 0.05) is 5.56 Å². The molecule has 0 spiro atoms. The molecular weight excluding hydrogens is 298 g/mol. The van der Waals surface area contributed by atoms with Gasteiger partial charge in [-0.25, -0.2) is 0 Å². The fourth-order valence-corrected chi connectivity index (χ4v) is 2.84. The van der Waals surface area contributed by atoms with Gasteiger partial charge in [-0.1, -0.05) is 63.2 Å². The number of nitrogens with one attached hydrogen (secondary N) is 1. The van der Waals surface area contributed by atoms with Crippen LogP contribution >= 0.6 is 0 Å². The predicted molar refractivity (Wildman–Crippen MR) is 98.2 cm³/mol. The summed E-state index contributed by atoms with van der Waals surface area (Å²) in [4.78, 5) is 12.5. The summed E-state index contributed by atoms with van der Waals surface area (Å²) in [6.07, 6.45) is 1.34. The molecule has 2 rings (SSSR count). The molecule has 1 N–H and O–H groups in total. The van der Waals surface area contributed by atoms with Crippen LogP contribution < -0.4 is 10.1 Å². The van der Waals surface area contributed by atoms with Crippen LogP contribution in [0, 0.1) is 5.92 Å².